The molecular weight excluding hydrogens is 361 g/mol. The predicted octanol–water partition coefficient (Wildman–Crippen LogP) is 2.89. The van der Waals surface area contributed by atoms with Crippen molar-refractivity contribution in [2.45, 2.75) is 26.1 Å². The summed E-state index contributed by atoms with van der Waals surface area (Å²) in [7, 11) is 0. The van der Waals surface area contributed by atoms with Gasteiger partial charge in [-0.2, -0.15) is 13.2 Å². The fourth-order valence-corrected chi connectivity index (χ4v) is 2.87. The number of nitrogens with one attached hydrogen (secondary N) is 1. The van der Waals surface area contributed by atoms with E-state index in [0.717, 1.165) is 16.7 Å². The maximum absolute atomic E-state index is 12.9. The first-order valence-electron chi connectivity index (χ1n) is 8.06. The average Bonchev–Trinajstić information content (AvgIpc) is 2.58. The van der Waals surface area contributed by atoms with E-state index in [1.165, 1.54) is 31.2 Å². The lowest BCUT2D eigenvalue weighted by Crippen LogP contribution is -2.35. The van der Waals surface area contributed by atoms with Crippen molar-refractivity contribution in [1.82, 2.24) is 9.55 Å². The molecule has 140 valence electrons. The third-order valence-corrected chi connectivity index (χ3v) is 4.09. The number of H-pyrrole nitrogens is 1. The van der Waals surface area contributed by atoms with Gasteiger partial charge in [0.15, 0.2) is 0 Å². The van der Waals surface area contributed by atoms with Crippen molar-refractivity contribution in [2.24, 2.45) is 0 Å². The molecule has 0 amide bonds. The molecule has 0 aliphatic heterocycles. The standard InChI is InChI=1S/C19H15F3N2O3/c1-11(25)7-12-5-6-16-15(9-12)17(26)24(18(27)23-16)10-13-3-2-4-14(8-13)19(20,21)22/h2-6,8-9H,7,10H2,1H3,(H,23,27). The van der Waals surface area contributed by atoms with Gasteiger partial charge in [0.1, 0.15) is 5.78 Å². The topological polar surface area (TPSA) is 71.9 Å². The molecule has 27 heavy (non-hydrogen) atoms. The molecule has 0 aliphatic carbocycles. The smallest absolute Gasteiger partial charge is 0.307 e. The van der Waals surface area contributed by atoms with Crippen LogP contribution in [-0.4, -0.2) is 15.3 Å². The summed E-state index contributed by atoms with van der Waals surface area (Å²) < 4.78 is 39.4. The first-order valence-corrected chi connectivity index (χ1v) is 8.06. The maximum atomic E-state index is 12.9. The molecule has 0 atom stereocenters. The van der Waals surface area contributed by atoms with Gasteiger partial charge >= 0.3 is 11.9 Å². The Hall–Kier alpha value is -3.16. The van der Waals surface area contributed by atoms with Gasteiger partial charge in [-0.3, -0.25) is 14.2 Å². The highest BCUT2D eigenvalue weighted by molar-refractivity contribution is 5.82. The summed E-state index contributed by atoms with van der Waals surface area (Å²) >= 11 is 0. The van der Waals surface area contributed by atoms with E-state index in [4.69, 9.17) is 0 Å². The van der Waals surface area contributed by atoms with Gasteiger partial charge in [0, 0.05) is 6.42 Å². The van der Waals surface area contributed by atoms with Crippen LogP contribution >= 0.6 is 0 Å². The summed E-state index contributed by atoms with van der Waals surface area (Å²) in [4.78, 5) is 38.8. The van der Waals surface area contributed by atoms with E-state index in [-0.39, 0.29) is 29.7 Å². The number of alkyl halides is 3. The lowest BCUT2D eigenvalue weighted by molar-refractivity contribution is -0.137. The molecule has 3 rings (SSSR count). The fourth-order valence-electron chi connectivity index (χ4n) is 2.87. The van der Waals surface area contributed by atoms with Crippen LogP contribution in [-0.2, 0) is 23.9 Å². The lowest BCUT2D eigenvalue weighted by Gasteiger charge is -2.10. The van der Waals surface area contributed by atoms with Crippen molar-refractivity contribution >= 4 is 16.7 Å². The summed E-state index contributed by atoms with van der Waals surface area (Å²) in [6.45, 7) is 1.12. The molecule has 0 saturated carbocycles. The summed E-state index contributed by atoms with van der Waals surface area (Å²) in [5.41, 5.74) is -1.10. The van der Waals surface area contributed by atoms with Gasteiger partial charge in [0.2, 0.25) is 0 Å². The number of ketones is 1. The molecule has 5 nitrogen and oxygen atoms in total. The van der Waals surface area contributed by atoms with Crippen LogP contribution in [0.2, 0.25) is 0 Å². The number of hydrogen-bond donors (Lipinski definition) is 1. The SMILES string of the molecule is CC(=O)Cc1ccc2[nH]c(=O)n(Cc3cccc(C(F)(F)F)c3)c(=O)c2c1. The van der Waals surface area contributed by atoms with Gasteiger partial charge in [-0.05, 0) is 42.3 Å². The quantitative estimate of drug-likeness (QED) is 0.761. The molecule has 0 radical (unpaired) electrons. The zero-order valence-corrected chi connectivity index (χ0v) is 14.3. The maximum Gasteiger partial charge on any atom is 0.416 e. The third kappa shape index (κ3) is 3.99. The summed E-state index contributed by atoms with van der Waals surface area (Å²) in [6.07, 6.45) is -4.37. The van der Waals surface area contributed by atoms with Crippen molar-refractivity contribution in [2.75, 3.05) is 0 Å². The second-order valence-electron chi connectivity index (χ2n) is 6.28. The Kier molecular flexibility index (Phi) is 4.73. The van der Waals surface area contributed by atoms with Gasteiger partial charge in [0.25, 0.3) is 5.56 Å². The number of fused-ring (bicyclic) bond motifs is 1. The van der Waals surface area contributed by atoms with Crippen molar-refractivity contribution in [3.63, 3.8) is 0 Å². The minimum atomic E-state index is -4.52. The van der Waals surface area contributed by atoms with Crippen LogP contribution in [0.3, 0.4) is 0 Å². The number of aromatic nitrogens is 2. The Labute approximate surface area is 151 Å². The van der Waals surface area contributed by atoms with Crippen molar-refractivity contribution in [3.05, 3.63) is 80.0 Å². The molecule has 0 spiro atoms. The zero-order valence-electron chi connectivity index (χ0n) is 14.3. The number of carbonyl (C=O) groups excluding carboxylic acids is 1. The van der Waals surface area contributed by atoms with Gasteiger partial charge in [-0.15, -0.1) is 0 Å². The van der Waals surface area contributed by atoms with E-state index in [1.807, 2.05) is 0 Å². The van der Waals surface area contributed by atoms with Crippen LogP contribution in [0.1, 0.15) is 23.6 Å². The highest BCUT2D eigenvalue weighted by atomic mass is 19.4. The highest BCUT2D eigenvalue weighted by Crippen LogP contribution is 2.29. The zero-order chi connectivity index (χ0) is 19.8. The Morgan fingerprint density at radius 2 is 1.81 bits per heavy atom. The summed E-state index contributed by atoms with van der Waals surface area (Å²) in [5, 5.41) is 0.195. The molecule has 8 heteroatoms. The molecular formula is C19H15F3N2O3. The number of nitrogens with zero attached hydrogens (tertiary/aromatic N) is 1. The van der Waals surface area contributed by atoms with Crippen molar-refractivity contribution in [1.29, 1.82) is 0 Å². The van der Waals surface area contributed by atoms with Crippen LogP contribution in [0, 0.1) is 0 Å². The van der Waals surface area contributed by atoms with E-state index in [0.29, 0.717) is 11.1 Å². The van der Waals surface area contributed by atoms with E-state index in [9.17, 15) is 27.6 Å². The van der Waals surface area contributed by atoms with E-state index in [1.54, 1.807) is 6.07 Å². The first kappa shape index (κ1) is 18.6. The Morgan fingerprint density at radius 3 is 2.48 bits per heavy atom. The number of halogens is 3. The Morgan fingerprint density at radius 1 is 1.07 bits per heavy atom. The summed E-state index contributed by atoms with van der Waals surface area (Å²) in [6, 6.07) is 9.15. The largest absolute Gasteiger partial charge is 0.416 e. The fraction of sp³-hybridized carbons (Fsp3) is 0.211. The van der Waals surface area contributed by atoms with Gasteiger partial charge in [0.05, 0.1) is 23.0 Å². The molecule has 3 aromatic rings. The van der Waals surface area contributed by atoms with Crippen LogP contribution in [0.25, 0.3) is 10.9 Å². The second kappa shape index (κ2) is 6.86. The van der Waals surface area contributed by atoms with Crippen LogP contribution in [0.5, 0.6) is 0 Å². The summed E-state index contributed by atoms with van der Waals surface area (Å²) in [5.74, 6) is -0.0805. The van der Waals surface area contributed by atoms with Crippen molar-refractivity contribution < 1.29 is 18.0 Å². The molecule has 1 heterocycles. The second-order valence-corrected chi connectivity index (χ2v) is 6.28. The molecule has 0 fully saturated rings. The van der Waals surface area contributed by atoms with Gasteiger partial charge < -0.3 is 4.98 Å². The average molecular weight is 376 g/mol. The molecule has 0 unspecified atom stereocenters. The normalized spacial score (nSPS) is 11.7. The molecule has 1 aromatic heterocycles. The van der Waals surface area contributed by atoms with Crippen LogP contribution < -0.4 is 11.2 Å². The van der Waals surface area contributed by atoms with E-state index >= 15 is 0 Å². The van der Waals surface area contributed by atoms with E-state index in [2.05, 4.69) is 4.98 Å². The van der Waals surface area contributed by atoms with E-state index < -0.39 is 23.0 Å². The number of benzene rings is 2. The molecule has 0 bridgehead atoms. The molecule has 0 saturated heterocycles. The molecule has 2 aromatic carbocycles. The number of carbonyl (C=O) groups is 1. The Balaban J connectivity index is 2.08. The van der Waals surface area contributed by atoms with Crippen LogP contribution in [0.15, 0.2) is 52.1 Å². The molecule has 0 aliphatic rings. The minimum Gasteiger partial charge on any atom is -0.307 e. The van der Waals surface area contributed by atoms with Gasteiger partial charge in [-0.1, -0.05) is 18.2 Å². The predicted molar refractivity (Wildman–Crippen MR) is 93.8 cm³/mol. The van der Waals surface area contributed by atoms with Crippen molar-refractivity contribution in [3.8, 4) is 0 Å². The number of hydrogen-bond acceptors (Lipinski definition) is 3. The van der Waals surface area contributed by atoms with Gasteiger partial charge in [-0.25, -0.2) is 4.79 Å². The number of rotatable bonds is 4. The highest BCUT2D eigenvalue weighted by Gasteiger charge is 2.30. The monoisotopic (exact) mass is 376 g/mol. The number of Topliss-reactive ketones (excluding diaryl/α,β-unsaturated/α-hetero) is 1. The number of aromatic amines is 1. The Bertz CT molecular complexity index is 1140. The van der Waals surface area contributed by atoms with Crippen LogP contribution in [0.4, 0.5) is 13.2 Å². The molecule has 1 N–H and O–H groups in total. The minimum absolute atomic E-state index is 0.0805. The first-order chi connectivity index (χ1) is 12.6. The third-order valence-electron chi connectivity index (χ3n) is 4.09. The lowest BCUT2D eigenvalue weighted by atomic mass is 10.1.